The molecule has 0 saturated carbocycles. The van der Waals surface area contributed by atoms with Crippen LogP contribution in [0.4, 0.5) is 0 Å². The first-order chi connectivity index (χ1) is 25.0. The molecular formula is C42H82N2O8. The van der Waals surface area contributed by atoms with Crippen molar-refractivity contribution >= 4 is 11.9 Å². The predicted molar refractivity (Wildman–Crippen MR) is 210 cm³/mol. The summed E-state index contributed by atoms with van der Waals surface area (Å²) in [5.41, 5.74) is 0. The molecule has 10 nitrogen and oxygen atoms in total. The minimum atomic E-state index is -0.898. The molecule has 1 fully saturated rings. The van der Waals surface area contributed by atoms with Crippen molar-refractivity contribution in [3.8, 4) is 0 Å². The van der Waals surface area contributed by atoms with E-state index < -0.39 is 48.6 Å². The van der Waals surface area contributed by atoms with Crippen molar-refractivity contribution in [2.75, 3.05) is 39.3 Å². The Hall–Kier alpha value is -1.30. The van der Waals surface area contributed by atoms with Gasteiger partial charge in [-0.25, -0.2) is 9.59 Å². The van der Waals surface area contributed by atoms with Crippen molar-refractivity contribution in [3.05, 3.63) is 0 Å². The van der Waals surface area contributed by atoms with E-state index in [1.807, 2.05) is 4.90 Å². The van der Waals surface area contributed by atoms with Crippen LogP contribution in [0.5, 0.6) is 0 Å². The van der Waals surface area contributed by atoms with Crippen molar-refractivity contribution in [1.29, 1.82) is 0 Å². The fourth-order valence-electron chi connectivity index (χ4n) is 7.28. The molecule has 10 heteroatoms. The highest BCUT2D eigenvalue weighted by molar-refractivity contribution is 5.87. The number of carbonyl (C=O) groups excluding carboxylic acids is 2. The average molecular weight is 743 g/mol. The van der Waals surface area contributed by atoms with Crippen LogP contribution in [-0.2, 0) is 19.1 Å². The second-order valence-electron chi connectivity index (χ2n) is 15.9. The van der Waals surface area contributed by atoms with Crippen LogP contribution >= 0.6 is 0 Å². The third-order valence-electron chi connectivity index (χ3n) is 10.2. The lowest BCUT2D eigenvalue weighted by molar-refractivity contribution is -0.196. The van der Waals surface area contributed by atoms with Crippen LogP contribution in [0, 0.1) is 0 Å². The molecular weight excluding hydrogens is 660 g/mol. The van der Waals surface area contributed by atoms with E-state index in [2.05, 4.69) is 18.7 Å². The molecule has 1 rings (SSSR count). The summed E-state index contributed by atoms with van der Waals surface area (Å²) in [6.45, 7) is 11.3. The van der Waals surface area contributed by atoms with Gasteiger partial charge in [0.1, 0.15) is 0 Å². The Morgan fingerprint density at radius 2 is 0.808 bits per heavy atom. The number of cyclic esters (lactones) is 2. The monoisotopic (exact) mass is 743 g/mol. The van der Waals surface area contributed by atoms with Crippen LogP contribution in [0.2, 0.25) is 0 Å². The molecule has 1 saturated heterocycles. The summed E-state index contributed by atoms with van der Waals surface area (Å²) in [4.78, 5) is 29.6. The molecule has 0 aromatic heterocycles. The largest absolute Gasteiger partial charge is 0.448 e. The summed E-state index contributed by atoms with van der Waals surface area (Å²) in [6, 6.07) is 0. The first-order valence-corrected chi connectivity index (χ1v) is 21.6. The molecule has 0 bridgehead atoms. The number of nitrogens with zero attached hydrogens (tertiary/aromatic N) is 2. The zero-order valence-electron chi connectivity index (χ0n) is 34.0. The molecule has 1 aliphatic heterocycles. The lowest BCUT2D eigenvalue weighted by Gasteiger charge is -2.29. The van der Waals surface area contributed by atoms with E-state index >= 15 is 0 Å². The van der Waals surface area contributed by atoms with E-state index in [1.165, 1.54) is 77.0 Å². The van der Waals surface area contributed by atoms with Crippen molar-refractivity contribution in [2.24, 2.45) is 0 Å². The van der Waals surface area contributed by atoms with E-state index in [9.17, 15) is 30.0 Å². The Kier molecular flexibility index (Phi) is 30.0. The molecule has 1 aliphatic rings. The number of unbranched alkanes of at least 4 members (excludes halogenated alkanes) is 16. The number of aliphatic hydroxyl groups excluding tert-OH is 4. The quantitative estimate of drug-likeness (QED) is 0.0382. The second kappa shape index (κ2) is 32.0. The number of hydrogen-bond donors (Lipinski definition) is 4. The summed E-state index contributed by atoms with van der Waals surface area (Å²) in [6.07, 6.45) is 21.2. The number of rotatable bonds is 36. The van der Waals surface area contributed by atoms with Crippen molar-refractivity contribution in [1.82, 2.24) is 9.80 Å². The lowest BCUT2D eigenvalue weighted by Crippen LogP contribution is -2.44. The highest BCUT2D eigenvalue weighted by atomic mass is 16.6. The van der Waals surface area contributed by atoms with Gasteiger partial charge >= 0.3 is 11.9 Å². The highest BCUT2D eigenvalue weighted by Crippen LogP contribution is 2.20. The summed E-state index contributed by atoms with van der Waals surface area (Å²) < 4.78 is 11.0. The Morgan fingerprint density at radius 1 is 0.481 bits per heavy atom. The Bertz CT molecular complexity index is 822. The van der Waals surface area contributed by atoms with Gasteiger partial charge < -0.3 is 29.9 Å². The standard InChI is InChI=1S/C42H82N2O8/c1-5-7-9-11-13-15-17-19-25-37(47)33-44(34-38(48)26-20-18-16-14-12-10-8-6-2)30-24-22-28-40-42(50)51-39(41(49)52-40)27-21-23-29-43(31-35(3)45)32-36(4)46/h35-40,45-48H,5-34H2,1-4H3/t35-,36?,37-,38-,39?,40?/m1/s1. The van der Waals surface area contributed by atoms with Gasteiger partial charge in [0.15, 0.2) is 12.2 Å². The maximum atomic E-state index is 12.7. The summed E-state index contributed by atoms with van der Waals surface area (Å²) in [5.74, 6) is -0.989. The Morgan fingerprint density at radius 3 is 1.15 bits per heavy atom. The van der Waals surface area contributed by atoms with Gasteiger partial charge in [-0.1, -0.05) is 117 Å². The molecule has 6 atom stereocenters. The van der Waals surface area contributed by atoms with Crippen LogP contribution in [0.3, 0.4) is 0 Å². The third-order valence-corrected chi connectivity index (χ3v) is 10.2. The normalized spacial score (nSPS) is 18.8. The third kappa shape index (κ3) is 26.5. The first kappa shape index (κ1) is 48.7. The maximum Gasteiger partial charge on any atom is 0.348 e. The van der Waals surface area contributed by atoms with Crippen molar-refractivity contribution in [2.45, 2.75) is 218 Å². The molecule has 0 aromatic rings. The zero-order valence-corrected chi connectivity index (χ0v) is 34.0. The predicted octanol–water partition coefficient (Wildman–Crippen LogP) is 7.31. The summed E-state index contributed by atoms with van der Waals surface area (Å²) >= 11 is 0. The molecule has 3 unspecified atom stereocenters. The number of ether oxygens (including phenoxy) is 2. The minimum Gasteiger partial charge on any atom is -0.448 e. The van der Waals surface area contributed by atoms with Crippen LogP contribution in [0.1, 0.15) is 182 Å². The molecule has 4 N–H and O–H groups in total. The summed E-state index contributed by atoms with van der Waals surface area (Å²) in [5, 5.41) is 41.3. The van der Waals surface area contributed by atoms with Crippen molar-refractivity contribution < 1.29 is 39.5 Å². The van der Waals surface area contributed by atoms with Gasteiger partial charge in [-0.15, -0.1) is 0 Å². The smallest absolute Gasteiger partial charge is 0.348 e. The molecule has 308 valence electrons. The van der Waals surface area contributed by atoms with Gasteiger partial charge in [-0.3, -0.25) is 9.80 Å². The molecule has 52 heavy (non-hydrogen) atoms. The van der Waals surface area contributed by atoms with Gasteiger partial charge in [0.25, 0.3) is 0 Å². The lowest BCUT2D eigenvalue weighted by atomic mass is 10.0. The molecule has 0 aromatic carbocycles. The van der Waals surface area contributed by atoms with Gasteiger partial charge in [0.2, 0.25) is 0 Å². The Balaban J connectivity index is 2.48. The van der Waals surface area contributed by atoms with Gasteiger partial charge in [-0.2, -0.15) is 0 Å². The SMILES string of the molecule is CCCCCCCCCC[C@@H](O)CN(CCCCC1OC(=O)C(CCCCN(CC(C)O)C[C@@H](C)O)OC1=O)C[C@H](O)CCCCCCCCCC. The minimum absolute atomic E-state index is 0.381. The zero-order chi connectivity index (χ0) is 38.4. The Labute approximate surface area is 318 Å². The number of esters is 2. The molecule has 1 heterocycles. The van der Waals surface area contributed by atoms with E-state index in [-0.39, 0.29) is 0 Å². The first-order valence-electron chi connectivity index (χ1n) is 21.6. The van der Waals surface area contributed by atoms with Crippen LogP contribution in [0.25, 0.3) is 0 Å². The number of carbonyl (C=O) groups is 2. The number of hydrogen-bond acceptors (Lipinski definition) is 10. The van der Waals surface area contributed by atoms with Crippen LogP contribution in [0.15, 0.2) is 0 Å². The average Bonchev–Trinajstić information content (AvgIpc) is 3.08. The van der Waals surface area contributed by atoms with Crippen molar-refractivity contribution in [3.63, 3.8) is 0 Å². The highest BCUT2D eigenvalue weighted by Gasteiger charge is 2.37. The molecule has 0 aliphatic carbocycles. The van der Waals surface area contributed by atoms with E-state index in [4.69, 9.17) is 9.47 Å². The van der Waals surface area contributed by atoms with Gasteiger partial charge in [-0.05, 0) is 78.3 Å². The van der Waals surface area contributed by atoms with E-state index in [0.29, 0.717) is 65.0 Å². The van der Waals surface area contributed by atoms with E-state index in [1.54, 1.807) is 13.8 Å². The van der Waals surface area contributed by atoms with E-state index in [0.717, 1.165) is 51.4 Å². The van der Waals surface area contributed by atoms with Gasteiger partial charge in [0, 0.05) is 26.2 Å². The topological polar surface area (TPSA) is 140 Å². The molecule has 0 radical (unpaired) electrons. The second-order valence-corrected chi connectivity index (χ2v) is 15.9. The summed E-state index contributed by atoms with van der Waals surface area (Å²) in [7, 11) is 0. The molecule has 0 amide bonds. The number of aliphatic hydroxyl groups is 4. The van der Waals surface area contributed by atoms with Crippen LogP contribution < -0.4 is 0 Å². The van der Waals surface area contributed by atoms with Crippen LogP contribution in [-0.4, -0.2) is 118 Å². The fraction of sp³-hybridized carbons (Fsp3) is 0.952. The molecule has 0 spiro atoms. The fourth-order valence-corrected chi connectivity index (χ4v) is 7.28. The van der Waals surface area contributed by atoms with Gasteiger partial charge in [0.05, 0.1) is 24.4 Å². The maximum absolute atomic E-state index is 12.7.